The maximum absolute atomic E-state index is 2.51. The van der Waals surface area contributed by atoms with Crippen molar-refractivity contribution in [2.75, 3.05) is 0 Å². The molecule has 0 spiro atoms. The Bertz CT molecular complexity index is 220. The molecule has 0 radical (unpaired) electrons. The van der Waals surface area contributed by atoms with E-state index in [0.29, 0.717) is 0 Å². The summed E-state index contributed by atoms with van der Waals surface area (Å²) < 4.78 is 10.1. The average Bonchev–Trinajstić information content (AvgIpc) is 2.37. The molecule has 0 saturated heterocycles. The van der Waals surface area contributed by atoms with Crippen molar-refractivity contribution in [1.29, 1.82) is 0 Å². The van der Waals surface area contributed by atoms with Crippen LogP contribution in [-0.2, 0) is 0 Å². The van der Waals surface area contributed by atoms with Crippen molar-refractivity contribution in [2.45, 2.75) is 53.4 Å². The van der Waals surface area contributed by atoms with Gasteiger partial charge in [-0.2, -0.15) is 0 Å². The molecule has 0 nitrogen and oxygen atoms in total. The molecule has 0 fully saturated rings. The summed E-state index contributed by atoms with van der Waals surface area (Å²) in [5, 5.41) is 0. The zero-order valence-electron chi connectivity index (χ0n) is 11.9. The van der Waals surface area contributed by atoms with Gasteiger partial charge in [-0.15, -0.1) is 0 Å². The maximum atomic E-state index is 2.51. The van der Waals surface area contributed by atoms with Gasteiger partial charge in [-0.05, 0) is 0 Å². The van der Waals surface area contributed by atoms with Crippen LogP contribution in [0.2, 0.25) is 0 Å². The third kappa shape index (κ3) is 7.64. The molecule has 0 rings (SSSR count). The molecule has 0 heterocycles. The van der Waals surface area contributed by atoms with Gasteiger partial charge in [0.1, 0.15) is 0 Å². The molecule has 1 heteroatoms. The van der Waals surface area contributed by atoms with Gasteiger partial charge in [-0.1, -0.05) is 0 Å². The first kappa shape index (κ1) is 16.8. The van der Waals surface area contributed by atoms with E-state index in [-0.39, 0.29) is 0 Å². The Morgan fingerprint density at radius 2 is 0.765 bits per heavy atom. The summed E-state index contributed by atoms with van der Waals surface area (Å²) in [6, 6.07) is 0. The third-order valence-electron chi connectivity index (χ3n) is 2.57. The second-order valence-corrected chi connectivity index (χ2v) is 13.8. The fourth-order valence-electron chi connectivity index (χ4n) is 1.62. The van der Waals surface area contributed by atoms with Crippen LogP contribution < -0.4 is 0 Å². The standard InChI is InChI=1S/4C4H7.Sn/c4*1-3-4-2;/h4*1,3H,4H2,2H3;. The molecule has 0 atom stereocenters. The Hall–Kier alpha value is -0.241. The SMILES string of the molecule is CC/C=[CH]/[Sn](/[CH]=C/CC)(/[CH]=C/CC)/[CH]=C/CC. The summed E-state index contributed by atoms with van der Waals surface area (Å²) in [7, 11) is 0. The fraction of sp³-hybridized carbons (Fsp3) is 0.500. The Morgan fingerprint density at radius 3 is 0.941 bits per heavy atom. The van der Waals surface area contributed by atoms with E-state index in [1.807, 2.05) is 0 Å². The number of hydrogen-bond donors (Lipinski definition) is 0. The number of hydrogen-bond acceptors (Lipinski definition) is 0. The molecule has 0 aromatic carbocycles. The van der Waals surface area contributed by atoms with Crippen LogP contribution in [-0.4, -0.2) is 18.4 Å². The van der Waals surface area contributed by atoms with Crippen molar-refractivity contribution in [3.63, 3.8) is 0 Å². The van der Waals surface area contributed by atoms with Gasteiger partial charge in [0.05, 0.1) is 0 Å². The quantitative estimate of drug-likeness (QED) is 0.516. The minimum absolute atomic E-state index is 1.14. The Labute approximate surface area is 112 Å². The Kier molecular flexibility index (Phi) is 10.7. The van der Waals surface area contributed by atoms with Crippen molar-refractivity contribution in [3.05, 3.63) is 40.7 Å². The third-order valence-corrected chi connectivity index (χ3v) is 11.9. The summed E-state index contributed by atoms with van der Waals surface area (Å²) in [5.41, 5.74) is 0. The van der Waals surface area contributed by atoms with Crippen LogP contribution in [0.1, 0.15) is 53.4 Å². The normalized spacial score (nSPS) is 13.9. The van der Waals surface area contributed by atoms with Gasteiger partial charge in [-0.25, -0.2) is 0 Å². The molecule has 0 aliphatic carbocycles. The zero-order chi connectivity index (χ0) is 13.0. The van der Waals surface area contributed by atoms with Crippen LogP contribution in [0.25, 0.3) is 0 Å². The summed E-state index contributed by atoms with van der Waals surface area (Å²) in [6.45, 7) is 8.85. The molecular weight excluding hydrogens is 311 g/mol. The first-order valence-corrected chi connectivity index (χ1v) is 13.5. The first-order chi connectivity index (χ1) is 8.24. The molecule has 0 amide bonds. The van der Waals surface area contributed by atoms with Gasteiger partial charge < -0.3 is 0 Å². The molecule has 0 aliphatic heterocycles. The monoisotopic (exact) mass is 340 g/mol. The van der Waals surface area contributed by atoms with Crippen LogP contribution in [0, 0.1) is 0 Å². The molecule has 17 heavy (non-hydrogen) atoms. The molecule has 0 aromatic heterocycles. The van der Waals surface area contributed by atoms with Gasteiger partial charge in [0.2, 0.25) is 0 Å². The van der Waals surface area contributed by atoms with E-state index in [4.69, 9.17) is 0 Å². The fourth-order valence-corrected chi connectivity index (χ4v) is 10.9. The van der Waals surface area contributed by atoms with Crippen LogP contribution in [0.4, 0.5) is 0 Å². The van der Waals surface area contributed by atoms with E-state index in [0.717, 1.165) is 25.7 Å². The summed E-state index contributed by atoms with van der Waals surface area (Å²) in [6.07, 6.45) is 13.9. The van der Waals surface area contributed by atoms with E-state index >= 15 is 0 Å². The Morgan fingerprint density at radius 1 is 0.529 bits per heavy atom. The van der Waals surface area contributed by atoms with E-state index in [2.05, 4.69) is 68.4 Å². The van der Waals surface area contributed by atoms with Crippen molar-refractivity contribution in [2.24, 2.45) is 0 Å². The second kappa shape index (κ2) is 10.9. The van der Waals surface area contributed by atoms with Crippen LogP contribution in [0.5, 0.6) is 0 Å². The van der Waals surface area contributed by atoms with E-state index < -0.39 is 18.4 Å². The first-order valence-electron chi connectivity index (χ1n) is 6.95. The number of allylic oxidation sites excluding steroid dienone is 4. The van der Waals surface area contributed by atoms with Crippen molar-refractivity contribution in [1.82, 2.24) is 0 Å². The predicted molar refractivity (Wildman–Crippen MR) is 83.5 cm³/mol. The molecule has 0 N–H and O–H groups in total. The summed E-state index contributed by atoms with van der Waals surface area (Å²) >= 11 is -2.41. The zero-order valence-corrected chi connectivity index (χ0v) is 14.8. The molecule has 0 aromatic rings. The molecule has 0 aliphatic rings. The molecule has 0 saturated carbocycles. The molecule has 0 bridgehead atoms. The number of rotatable bonds is 8. The van der Waals surface area contributed by atoms with E-state index in [1.165, 1.54) is 0 Å². The van der Waals surface area contributed by atoms with Gasteiger partial charge in [0, 0.05) is 0 Å². The summed E-state index contributed by atoms with van der Waals surface area (Å²) in [5.74, 6) is 0. The van der Waals surface area contributed by atoms with Crippen molar-refractivity contribution >= 4 is 18.4 Å². The van der Waals surface area contributed by atoms with Crippen LogP contribution >= 0.6 is 0 Å². The van der Waals surface area contributed by atoms with E-state index in [9.17, 15) is 0 Å². The topological polar surface area (TPSA) is 0 Å². The summed E-state index contributed by atoms with van der Waals surface area (Å²) in [4.78, 5) is 0. The second-order valence-electron chi connectivity index (χ2n) is 4.24. The van der Waals surface area contributed by atoms with Gasteiger partial charge in [0.15, 0.2) is 0 Å². The van der Waals surface area contributed by atoms with Gasteiger partial charge >= 0.3 is 112 Å². The van der Waals surface area contributed by atoms with Crippen molar-refractivity contribution < 1.29 is 0 Å². The van der Waals surface area contributed by atoms with Gasteiger partial charge in [-0.3, -0.25) is 0 Å². The molecule has 96 valence electrons. The predicted octanol–water partition coefficient (Wildman–Crippen LogP) is 5.46. The van der Waals surface area contributed by atoms with Crippen LogP contribution in [0.3, 0.4) is 0 Å². The van der Waals surface area contributed by atoms with Gasteiger partial charge in [0.25, 0.3) is 0 Å². The average molecular weight is 339 g/mol. The minimum atomic E-state index is -2.41. The van der Waals surface area contributed by atoms with E-state index in [1.54, 1.807) is 0 Å². The van der Waals surface area contributed by atoms with Crippen molar-refractivity contribution in [3.8, 4) is 0 Å². The molecule has 0 unspecified atom stereocenters. The Balaban J connectivity index is 5.18. The molecular formula is C16H28Sn. The van der Waals surface area contributed by atoms with Crippen LogP contribution in [0.15, 0.2) is 40.7 Å².